The predicted molar refractivity (Wildman–Crippen MR) is 82.9 cm³/mol. The summed E-state index contributed by atoms with van der Waals surface area (Å²) in [6, 6.07) is 4.22. The highest BCUT2D eigenvalue weighted by Crippen LogP contribution is 2.24. The zero-order valence-electron chi connectivity index (χ0n) is 11.4. The summed E-state index contributed by atoms with van der Waals surface area (Å²) in [7, 11) is 0. The second-order valence-corrected chi connectivity index (χ2v) is 5.38. The molecule has 1 heterocycles. The van der Waals surface area contributed by atoms with E-state index in [0.717, 1.165) is 17.2 Å². The van der Waals surface area contributed by atoms with Crippen molar-refractivity contribution >= 4 is 22.9 Å². The van der Waals surface area contributed by atoms with Gasteiger partial charge in [0.15, 0.2) is 0 Å². The fraction of sp³-hybridized carbons (Fsp3) is 0.267. The van der Waals surface area contributed by atoms with E-state index < -0.39 is 0 Å². The van der Waals surface area contributed by atoms with Crippen LogP contribution in [0.15, 0.2) is 47.6 Å². The van der Waals surface area contributed by atoms with E-state index in [1.807, 2.05) is 39.0 Å². The molecule has 0 spiro atoms. The van der Waals surface area contributed by atoms with Gasteiger partial charge in [0, 0.05) is 10.6 Å². The number of hydrogen-bond donors (Lipinski definition) is 1. The van der Waals surface area contributed by atoms with Crippen molar-refractivity contribution in [3.05, 3.63) is 52.4 Å². The Balaban J connectivity index is 3.03. The van der Waals surface area contributed by atoms with Crippen molar-refractivity contribution in [3.8, 4) is 0 Å². The molecule has 0 radical (unpaired) electrons. The molecule has 2 nitrogen and oxygen atoms in total. The number of amidine groups is 1. The highest BCUT2D eigenvalue weighted by molar-refractivity contribution is 7.13. The quantitative estimate of drug-likeness (QED) is 0.480. The molecule has 0 aliphatic heterocycles. The summed E-state index contributed by atoms with van der Waals surface area (Å²) in [4.78, 5) is 7.07. The van der Waals surface area contributed by atoms with Crippen LogP contribution in [0.1, 0.15) is 30.5 Å². The maximum Gasteiger partial charge on any atom is 0.103 e. The molecule has 18 heavy (non-hydrogen) atoms. The van der Waals surface area contributed by atoms with Crippen molar-refractivity contribution in [2.75, 3.05) is 0 Å². The predicted octanol–water partition coefficient (Wildman–Crippen LogP) is 4.52. The van der Waals surface area contributed by atoms with Crippen molar-refractivity contribution < 1.29 is 0 Å². The Morgan fingerprint density at radius 2 is 2.11 bits per heavy atom. The van der Waals surface area contributed by atoms with E-state index in [0.29, 0.717) is 0 Å². The Hall–Kier alpha value is -1.61. The van der Waals surface area contributed by atoms with Gasteiger partial charge in [0.05, 0.1) is 10.6 Å². The first-order valence-corrected chi connectivity index (χ1v) is 6.72. The van der Waals surface area contributed by atoms with Gasteiger partial charge in [0.25, 0.3) is 0 Å². The van der Waals surface area contributed by atoms with E-state index in [1.165, 1.54) is 9.75 Å². The van der Waals surface area contributed by atoms with Crippen molar-refractivity contribution in [1.82, 2.24) is 5.32 Å². The van der Waals surface area contributed by atoms with Crippen LogP contribution in [0.4, 0.5) is 0 Å². The van der Waals surface area contributed by atoms with Crippen LogP contribution >= 0.6 is 11.3 Å². The van der Waals surface area contributed by atoms with Crippen molar-refractivity contribution in [1.29, 1.82) is 0 Å². The highest BCUT2D eigenvalue weighted by atomic mass is 32.1. The van der Waals surface area contributed by atoms with Gasteiger partial charge in [-0.05, 0) is 45.9 Å². The van der Waals surface area contributed by atoms with Gasteiger partial charge in [0.2, 0.25) is 0 Å². The van der Waals surface area contributed by atoms with Gasteiger partial charge in [-0.15, -0.1) is 11.3 Å². The molecule has 96 valence electrons. The zero-order chi connectivity index (χ0) is 13.5. The molecule has 1 aromatic heterocycles. The Morgan fingerprint density at radius 1 is 1.39 bits per heavy atom. The molecule has 3 heteroatoms. The molecular weight excluding hydrogens is 240 g/mol. The lowest BCUT2D eigenvalue weighted by atomic mass is 10.3. The number of thiophene rings is 1. The molecule has 0 unspecified atom stereocenters. The summed E-state index contributed by atoms with van der Waals surface area (Å²) >= 11 is 1.75. The van der Waals surface area contributed by atoms with Gasteiger partial charge >= 0.3 is 0 Å². The summed E-state index contributed by atoms with van der Waals surface area (Å²) in [5.74, 6) is 0.851. The number of nitrogens with zero attached hydrogens (tertiary/aromatic N) is 1. The van der Waals surface area contributed by atoms with E-state index in [4.69, 9.17) is 0 Å². The summed E-state index contributed by atoms with van der Waals surface area (Å²) in [5.41, 5.74) is 1.86. The third-order valence-electron chi connectivity index (χ3n) is 2.12. The molecule has 0 saturated carbocycles. The molecule has 1 rings (SSSR count). The standard InChI is InChI=1S/C15H20N2S/c1-6-7-8-14(15-10-9-12(4)18-15)17-13(5)16-11(2)3/h6-10H,2H2,1,3-5H3,(H,16,17)/b7-6-,14-8-. The van der Waals surface area contributed by atoms with Crippen LogP contribution in [0.2, 0.25) is 0 Å². The molecule has 0 saturated heterocycles. The molecule has 0 fully saturated rings. The summed E-state index contributed by atoms with van der Waals surface area (Å²) in [6.07, 6.45) is 6.02. The third-order valence-corrected chi connectivity index (χ3v) is 3.14. The van der Waals surface area contributed by atoms with Gasteiger partial charge in [-0.3, -0.25) is 0 Å². The lowest BCUT2D eigenvalue weighted by Gasteiger charge is -2.05. The number of nitrogens with one attached hydrogen (secondary N) is 1. The fourth-order valence-electron chi connectivity index (χ4n) is 1.45. The van der Waals surface area contributed by atoms with E-state index in [1.54, 1.807) is 11.3 Å². The molecular formula is C15H20N2S. The van der Waals surface area contributed by atoms with E-state index >= 15 is 0 Å². The second-order valence-electron chi connectivity index (χ2n) is 4.09. The molecule has 0 amide bonds. The van der Waals surface area contributed by atoms with E-state index in [-0.39, 0.29) is 0 Å². The second kappa shape index (κ2) is 6.97. The molecule has 1 N–H and O–H groups in total. The summed E-state index contributed by atoms with van der Waals surface area (Å²) < 4.78 is 0. The average Bonchev–Trinajstić information content (AvgIpc) is 2.70. The van der Waals surface area contributed by atoms with E-state index in [9.17, 15) is 0 Å². The van der Waals surface area contributed by atoms with Crippen LogP contribution in [0.25, 0.3) is 5.70 Å². The number of rotatable bonds is 4. The van der Waals surface area contributed by atoms with Gasteiger partial charge in [-0.2, -0.15) is 0 Å². The maximum absolute atomic E-state index is 4.60. The van der Waals surface area contributed by atoms with Crippen LogP contribution in [0, 0.1) is 6.92 Å². The first kappa shape index (κ1) is 14.5. The molecule has 0 atom stereocenters. The van der Waals surface area contributed by atoms with Crippen molar-refractivity contribution in [3.63, 3.8) is 0 Å². The average molecular weight is 260 g/mol. The maximum atomic E-state index is 4.60. The van der Waals surface area contributed by atoms with Gasteiger partial charge in [-0.1, -0.05) is 18.7 Å². The van der Waals surface area contributed by atoms with Gasteiger partial charge < -0.3 is 5.32 Å². The highest BCUT2D eigenvalue weighted by Gasteiger charge is 2.03. The van der Waals surface area contributed by atoms with Crippen LogP contribution < -0.4 is 5.32 Å². The normalized spacial score (nSPS) is 13.1. The minimum atomic E-state index is 0.851. The van der Waals surface area contributed by atoms with Crippen LogP contribution in [-0.4, -0.2) is 5.84 Å². The summed E-state index contributed by atoms with van der Waals surface area (Å²) in [6.45, 7) is 11.8. The van der Waals surface area contributed by atoms with Crippen molar-refractivity contribution in [2.45, 2.75) is 27.7 Å². The largest absolute Gasteiger partial charge is 0.348 e. The third kappa shape index (κ3) is 4.72. The Kier molecular flexibility index (Phi) is 5.59. The SMILES string of the molecule is C=C(C)NC(C)=N/C(=C\C=C/C)c1ccc(C)s1. The van der Waals surface area contributed by atoms with Crippen LogP contribution in [0.3, 0.4) is 0 Å². The lowest BCUT2D eigenvalue weighted by Crippen LogP contribution is -2.17. The Morgan fingerprint density at radius 3 is 2.61 bits per heavy atom. The smallest absolute Gasteiger partial charge is 0.103 e. The summed E-state index contributed by atoms with van der Waals surface area (Å²) in [5, 5.41) is 3.12. The van der Waals surface area contributed by atoms with Crippen LogP contribution in [-0.2, 0) is 0 Å². The first-order valence-electron chi connectivity index (χ1n) is 5.90. The topological polar surface area (TPSA) is 24.4 Å². The monoisotopic (exact) mass is 260 g/mol. The van der Waals surface area contributed by atoms with Gasteiger partial charge in [-0.25, -0.2) is 4.99 Å². The van der Waals surface area contributed by atoms with Crippen LogP contribution in [0.5, 0.6) is 0 Å². The van der Waals surface area contributed by atoms with Gasteiger partial charge in [0.1, 0.15) is 5.84 Å². The zero-order valence-corrected chi connectivity index (χ0v) is 12.3. The first-order chi connectivity index (χ1) is 8.52. The van der Waals surface area contributed by atoms with E-state index in [2.05, 4.69) is 35.9 Å². The molecule has 0 aliphatic rings. The number of allylic oxidation sites excluding steroid dienone is 4. The van der Waals surface area contributed by atoms with Crippen molar-refractivity contribution in [2.24, 2.45) is 4.99 Å². The lowest BCUT2D eigenvalue weighted by molar-refractivity contribution is 1.11. The molecule has 0 aromatic carbocycles. The molecule has 0 aliphatic carbocycles. The number of aryl methyl sites for hydroxylation is 1. The number of aliphatic imine (C=N–C) groups is 1. The molecule has 1 aromatic rings. The minimum absolute atomic E-state index is 0.851. The number of hydrogen-bond acceptors (Lipinski definition) is 2. The Labute approximate surface area is 113 Å². The fourth-order valence-corrected chi connectivity index (χ4v) is 2.29. The Bertz CT molecular complexity index is 504. The minimum Gasteiger partial charge on any atom is -0.348 e. The molecule has 0 bridgehead atoms.